The maximum Gasteiger partial charge on any atom is 0.340 e. The number of ether oxygens (including phenoxy) is 2. The summed E-state index contributed by atoms with van der Waals surface area (Å²) in [6, 6.07) is 6.66. The van der Waals surface area contributed by atoms with Crippen LogP contribution in [0.3, 0.4) is 0 Å². The van der Waals surface area contributed by atoms with Gasteiger partial charge in [0, 0.05) is 16.4 Å². The van der Waals surface area contributed by atoms with Gasteiger partial charge in [-0.2, -0.15) is 0 Å². The summed E-state index contributed by atoms with van der Waals surface area (Å²) in [5, 5.41) is 13.1. The number of nitrogens with one attached hydrogen (secondary N) is 1. The Balaban J connectivity index is 1.61. The normalized spacial score (nSPS) is 10.8. The summed E-state index contributed by atoms with van der Waals surface area (Å²) in [7, 11) is 1.30. The molecule has 1 amide bonds. The van der Waals surface area contributed by atoms with Gasteiger partial charge in [-0.3, -0.25) is 4.79 Å². The van der Waals surface area contributed by atoms with E-state index in [0.717, 1.165) is 4.88 Å². The van der Waals surface area contributed by atoms with Crippen molar-refractivity contribution in [3.63, 3.8) is 0 Å². The lowest BCUT2D eigenvalue weighted by molar-refractivity contribution is -0.113. The highest BCUT2D eigenvalue weighted by Crippen LogP contribution is 2.30. The average Bonchev–Trinajstić information content (AvgIpc) is 3.33. The third-order valence-electron chi connectivity index (χ3n) is 4.21. The molecule has 0 radical (unpaired) electrons. The van der Waals surface area contributed by atoms with Crippen molar-refractivity contribution >= 4 is 63.2 Å². The van der Waals surface area contributed by atoms with E-state index in [2.05, 4.69) is 15.5 Å². The molecule has 3 rings (SSSR count). The van der Waals surface area contributed by atoms with Gasteiger partial charge in [0.25, 0.3) is 0 Å². The van der Waals surface area contributed by atoms with E-state index in [1.165, 1.54) is 30.2 Å². The lowest BCUT2D eigenvalue weighted by Crippen LogP contribution is -2.16. The van der Waals surface area contributed by atoms with Gasteiger partial charge in [0.15, 0.2) is 11.0 Å². The Labute approximate surface area is 203 Å². The highest BCUT2D eigenvalue weighted by atomic mass is 35.5. The fourth-order valence-corrected chi connectivity index (χ4v) is 4.95. The van der Waals surface area contributed by atoms with Crippen molar-refractivity contribution < 1.29 is 19.1 Å². The second-order valence-electron chi connectivity index (χ2n) is 6.43. The zero-order chi connectivity index (χ0) is 23.3. The number of esters is 1. The average molecular weight is 515 g/mol. The van der Waals surface area contributed by atoms with Crippen molar-refractivity contribution in [3.05, 3.63) is 50.6 Å². The number of benzene rings is 1. The van der Waals surface area contributed by atoms with Crippen LogP contribution in [0.15, 0.2) is 29.4 Å². The predicted molar refractivity (Wildman–Crippen MR) is 126 cm³/mol. The van der Waals surface area contributed by atoms with E-state index >= 15 is 0 Å². The second kappa shape index (κ2) is 11.0. The Bertz CT molecular complexity index is 1130. The summed E-state index contributed by atoms with van der Waals surface area (Å²) in [6.45, 7) is 4.56. The predicted octanol–water partition coefficient (Wildman–Crippen LogP) is 5.07. The molecule has 0 saturated carbocycles. The topological polar surface area (TPSA) is 95.3 Å². The molecule has 12 heteroatoms. The standard InChI is InChI=1S/C20H20Cl2N4O4S2/c1-4-26-16(9-30-15-6-5-12(21)8-14(15)22)24-25-20(26)31-10-17(27)23-18-13(19(28)29-3)7-11(2)32-18/h5-8H,4,9-10H2,1-3H3,(H,23,27). The Morgan fingerprint density at radius 1 is 1.25 bits per heavy atom. The van der Waals surface area contributed by atoms with Crippen molar-refractivity contribution in [1.82, 2.24) is 14.8 Å². The number of hydrogen-bond acceptors (Lipinski definition) is 8. The van der Waals surface area contributed by atoms with Crippen LogP contribution in [0, 0.1) is 6.92 Å². The molecule has 0 bridgehead atoms. The lowest BCUT2D eigenvalue weighted by atomic mass is 10.3. The van der Waals surface area contributed by atoms with E-state index in [-0.39, 0.29) is 18.3 Å². The van der Waals surface area contributed by atoms with Gasteiger partial charge in [-0.1, -0.05) is 35.0 Å². The van der Waals surface area contributed by atoms with E-state index in [1.54, 1.807) is 24.3 Å². The molecule has 8 nitrogen and oxygen atoms in total. The van der Waals surface area contributed by atoms with Crippen molar-refractivity contribution in [2.75, 3.05) is 18.2 Å². The molecular weight excluding hydrogens is 495 g/mol. The number of aromatic nitrogens is 3. The number of methoxy groups -OCH3 is 1. The number of nitrogens with zero attached hydrogens (tertiary/aromatic N) is 3. The van der Waals surface area contributed by atoms with Crippen LogP contribution in [0.25, 0.3) is 0 Å². The van der Waals surface area contributed by atoms with Gasteiger partial charge in [0.1, 0.15) is 17.4 Å². The Kier molecular flexibility index (Phi) is 8.41. The van der Waals surface area contributed by atoms with Gasteiger partial charge < -0.3 is 19.4 Å². The third kappa shape index (κ3) is 5.94. The number of halogens is 2. The van der Waals surface area contributed by atoms with Gasteiger partial charge in [0.05, 0.1) is 23.4 Å². The maximum absolute atomic E-state index is 12.5. The molecular formula is C20H20Cl2N4O4S2. The molecule has 0 atom stereocenters. The first-order chi connectivity index (χ1) is 15.3. The van der Waals surface area contributed by atoms with Crippen molar-refractivity contribution in [2.24, 2.45) is 0 Å². The smallest absolute Gasteiger partial charge is 0.340 e. The first kappa shape index (κ1) is 24.4. The lowest BCUT2D eigenvalue weighted by Gasteiger charge is -2.10. The molecule has 0 spiro atoms. The fourth-order valence-electron chi connectivity index (χ4n) is 2.75. The third-order valence-corrected chi connectivity index (χ3v) is 6.67. The number of hydrogen-bond donors (Lipinski definition) is 1. The molecule has 0 aliphatic carbocycles. The van der Waals surface area contributed by atoms with Crippen LogP contribution in [0.1, 0.15) is 28.0 Å². The van der Waals surface area contributed by atoms with Crippen molar-refractivity contribution in [3.8, 4) is 5.75 Å². The quantitative estimate of drug-likeness (QED) is 0.314. The SMILES string of the molecule is CCn1c(COc2ccc(Cl)cc2Cl)nnc1SCC(=O)Nc1sc(C)cc1C(=O)OC. The molecule has 1 N–H and O–H groups in total. The van der Waals surface area contributed by atoms with Gasteiger partial charge >= 0.3 is 5.97 Å². The highest BCUT2D eigenvalue weighted by Gasteiger charge is 2.19. The Hall–Kier alpha value is -2.27. The molecule has 3 aromatic rings. The summed E-state index contributed by atoms with van der Waals surface area (Å²) in [5.74, 6) is 0.428. The van der Waals surface area contributed by atoms with Crippen LogP contribution in [-0.2, 0) is 22.7 Å². The van der Waals surface area contributed by atoms with Crippen LogP contribution in [0.2, 0.25) is 10.0 Å². The number of anilines is 1. The molecule has 0 unspecified atom stereocenters. The largest absolute Gasteiger partial charge is 0.484 e. The highest BCUT2D eigenvalue weighted by molar-refractivity contribution is 7.99. The summed E-state index contributed by atoms with van der Waals surface area (Å²) in [6.07, 6.45) is 0. The van der Waals surface area contributed by atoms with E-state index in [0.29, 0.717) is 43.9 Å². The second-order valence-corrected chi connectivity index (χ2v) is 9.48. The minimum Gasteiger partial charge on any atom is -0.484 e. The Morgan fingerprint density at radius 2 is 2.03 bits per heavy atom. The summed E-state index contributed by atoms with van der Waals surface area (Å²) in [4.78, 5) is 25.2. The monoisotopic (exact) mass is 514 g/mol. The maximum atomic E-state index is 12.5. The van der Waals surface area contributed by atoms with Crippen molar-refractivity contribution in [1.29, 1.82) is 0 Å². The summed E-state index contributed by atoms with van der Waals surface area (Å²) >= 11 is 14.6. The molecule has 0 aliphatic rings. The van der Waals surface area contributed by atoms with E-state index in [4.69, 9.17) is 32.7 Å². The molecule has 0 fully saturated rings. The summed E-state index contributed by atoms with van der Waals surface area (Å²) in [5.41, 5.74) is 0.338. The number of thiophene rings is 1. The molecule has 32 heavy (non-hydrogen) atoms. The molecule has 0 aliphatic heterocycles. The number of thioether (sulfide) groups is 1. The zero-order valence-electron chi connectivity index (χ0n) is 17.5. The van der Waals surface area contributed by atoms with Crippen molar-refractivity contribution in [2.45, 2.75) is 32.2 Å². The fraction of sp³-hybridized carbons (Fsp3) is 0.300. The minimum atomic E-state index is -0.492. The van der Waals surface area contributed by atoms with Gasteiger partial charge in [-0.25, -0.2) is 4.79 Å². The van der Waals surface area contributed by atoms with Crippen LogP contribution >= 0.6 is 46.3 Å². The van der Waals surface area contributed by atoms with Crippen LogP contribution in [0.4, 0.5) is 5.00 Å². The van der Waals surface area contributed by atoms with Gasteiger partial charge in [-0.05, 0) is 38.1 Å². The number of amides is 1. The van der Waals surface area contributed by atoms with E-state index < -0.39 is 5.97 Å². The minimum absolute atomic E-state index is 0.0968. The van der Waals surface area contributed by atoms with Gasteiger partial charge in [-0.15, -0.1) is 21.5 Å². The molecule has 0 saturated heterocycles. The number of aryl methyl sites for hydroxylation is 1. The van der Waals surface area contributed by atoms with E-state index in [9.17, 15) is 9.59 Å². The first-order valence-electron chi connectivity index (χ1n) is 9.43. The molecule has 1 aromatic carbocycles. The zero-order valence-corrected chi connectivity index (χ0v) is 20.6. The molecule has 170 valence electrons. The summed E-state index contributed by atoms with van der Waals surface area (Å²) < 4.78 is 12.4. The number of carbonyl (C=O) groups is 2. The van der Waals surface area contributed by atoms with Crippen LogP contribution in [0.5, 0.6) is 5.75 Å². The number of rotatable bonds is 9. The first-order valence-corrected chi connectivity index (χ1v) is 12.0. The van der Waals surface area contributed by atoms with Crippen LogP contribution < -0.4 is 10.1 Å². The van der Waals surface area contributed by atoms with Crippen LogP contribution in [-0.4, -0.2) is 39.5 Å². The van der Waals surface area contributed by atoms with E-state index in [1.807, 2.05) is 18.4 Å². The molecule has 2 heterocycles. The Morgan fingerprint density at radius 3 is 2.72 bits per heavy atom. The number of carbonyl (C=O) groups excluding carboxylic acids is 2. The molecule has 2 aromatic heterocycles. The van der Waals surface area contributed by atoms with Gasteiger partial charge in [0.2, 0.25) is 5.91 Å².